The number of hydrogen-bond donors (Lipinski definition) is 0. The van der Waals surface area contributed by atoms with Crippen molar-refractivity contribution in [1.82, 2.24) is 19.9 Å². The van der Waals surface area contributed by atoms with Crippen LogP contribution in [0.15, 0.2) is 29.0 Å². The standard InChI is InChI=1S/C23H32N4O3/c1-4-5-20-21(17(2)25-30-20)22(28)27-15-23(16-27)12-19(8-11-26(23)3)14-29-13-18-6-9-24-10-7-18/h6-7,9-10,19H,4-5,8,11-16H2,1-3H3/t19-/m0/s1. The Labute approximate surface area is 178 Å². The van der Waals surface area contributed by atoms with Gasteiger partial charge >= 0.3 is 0 Å². The van der Waals surface area contributed by atoms with Crippen molar-refractivity contribution in [2.24, 2.45) is 5.92 Å². The zero-order chi connectivity index (χ0) is 21.1. The number of aromatic nitrogens is 2. The minimum Gasteiger partial charge on any atom is -0.376 e. The summed E-state index contributed by atoms with van der Waals surface area (Å²) in [6.45, 7) is 7.89. The monoisotopic (exact) mass is 412 g/mol. The molecular formula is C23H32N4O3. The molecule has 1 spiro atoms. The van der Waals surface area contributed by atoms with Crippen molar-refractivity contribution in [2.75, 3.05) is 33.3 Å². The molecule has 7 heteroatoms. The third kappa shape index (κ3) is 4.14. The molecule has 0 unspecified atom stereocenters. The maximum Gasteiger partial charge on any atom is 0.259 e. The molecule has 162 valence electrons. The largest absolute Gasteiger partial charge is 0.376 e. The van der Waals surface area contributed by atoms with Gasteiger partial charge in [-0.2, -0.15) is 0 Å². The Morgan fingerprint density at radius 3 is 2.83 bits per heavy atom. The summed E-state index contributed by atoms with van der Waals surface area (Å²) in [5.74, 6) is 1.31. The van der Waals surface area contributed by atoms with Gasteiger partial charge in [0, 0.05) is 38.5 Å². The van der Waals surface area contributed by atoms with Crippen LogP contribution in [0.1, 0.15) is 53.6 Å². The van der Waals surface area contributed by atoms with Gasteiger partial charge in [0.1, 0.15) is 11.3 Å². The molecule has 1 atom stereocenters. The number of likely N-dealkylation sites (tertiary alicyclic amines) is 2. The summed E-state index contributed by atoms with van der Waals surface area (Å²) < 4.78 is 11.4. The van der Waals surface area contributed by atoms with Crippen molar-refractivity contribution in [1.29, 1.82) is 0 Å². The zero-order valence-electron chi connectivity index (χ0n) is 18.3. The highest BCUT2D eigenvalue weighted by atomic mass is 16.5. The van der Waals surface area contributed by atoms with E-state index in [9.17, 15) is 4.79 Å². The van der Waals surface area contributed by atoms with Crippen LogP contribution in [0.3, 0.4) is 0 Å². The van der Waals surface area contributed by atoms with E-state index in [0.29, 0.717) is 23.8 Å². The maximum atomic E-state index is 13.1. The summed E-state index contributed by atoms with van der Waals surface area (Å²) >= 11 is 0. The SMILES string of the molecule is CCCc1onc(C)c1C(=O)N1CC2(C[C@@H](COCc3ccncc3)CCN2C)C1. The normalized spacial score (nSPS) is 21.0. The second-order valence-electron chi connectivity index (χ2n) is 8.85. The van der Waals surface area contributed by atoms with Crippen LogP contribution in [-0.4, -0.2) is 64.7 Å². The van der Waals surface area contributed by atoms with Crippen molar-refractivity contribution >= 4 is 5.91 Å². The predicted molar refractivity (Wildman–Crippen MR) is 113 cm³/mol. The van der Waals surface area contributed by atoms with Gasteiger partial charge in [0.05, 0.1) is 17.8 Å². The molecule has 2 aromatic rings. The van der Waals surface area contributed by atoms with Gasteiger partial charge in [-0.3, -0.25) is 14.7 Å². The molecule has 1 amide bonds. The number of carbonyl (C=O) groups excluding carboxylic acids is 1. The van der Waals surface area contributed by atoms with Crippen molar-refractivity contribution in [3.8, 4) is 0 Å². The average Bonchev–Trinajstić information content (AvgIpc) is 3.08. The number of piperidine rings is 1. The van der Waals surface area contributed by atoms with Crippen molar-refractivity contribution in [3.05, 3.63) is 47.1 Å². The molecule has 30 heavy (non-hydrogen) atoms. The minimum absolute atomic E-state index is 0.0623. The van der Waals surface area contributed by atoms with E-state index in [1.807, 2.05) is 24.0 Å². The Bertz CT molecular complexity index is 861. The Morgan fingerprint density at radius 1 is 1.33 bits per heavy atom. The average molecular weight is 413 g/mol. The molecule has 0 aromatic carbocycles. The van der Waals surface area contributed by atoms with Crippen LogP contribution in [0, 0.1) is 12.8 Å². The molecule has 0 bridgehead atoms. The van der Waals surface area contributed by atoms with E-state index >= 15 is 0 Å². The first-order chi connectivity index (χ1) is 14.5. The Balaban J connectivity index is 1.33. The molecule has 4 heterocycles. The molecule has 4 rings (SSSR count). The van der Waals surface area contributed by atoms with Gasteiger partial charge in [0.15, 0.2) is 0 Å². The summed E-state index contributed by atoms with van der Waals surface area (Å²) in [5.41, 5.74) is 2.58. The summed E-state index contributed by atoms with van der Waals surface area (Å²) in [6.07, 6.45) is 7.47. The van der Waals surface area contributed by atoms with Gasteiger partial charge in [0.2, 0.25) is 0 Å². The number of nitrogens with zero attached hydrogens (tertiary/aromatic N) is 4. The van der Waals surface area contributed by atoms with E-state index in [1.165, 1.54) is 0 Å². The minimum atomic E-state index is 0.0623. The van der Waals surface area contributed by atoms with E-state index in [0.717, 1.165) is 63.2 Å². The quantitative estimate of drug-likeness (QED) is 0.696. The second-order valence-corrected chi connectivity index (χ2v) is 8.85. The first kappa shape index (κ1) is 21.0. The molecule has 2 fully saturated rings. The smallest absolute Gasteiger partial charge is 0.259 e. The van der Waals surface area contributed by atoms with Crippen LogP contribution in [0.4, 0.5) is 0 Å². The number of pyridine rings is 1. The number of rotatable bonds is 7. The molecule has 2 saturated heterocycles. The fraction of sp³-hybridized carbons (Fsp3) is 0.609. The van der Waals surface area contributed by atoms with E-state index in [4.69, 9.17) is 9.26 Å². The van der Waals surface area contributed by atoms with Gasteiger partial charge in [-0.1, -0.05) is 12.1 Å². The van der Waals surface area contributed by atoms with Crippen LogP contribution < -0.4 is 0 Å². The lowest BCUT2D eigenvalue weighted by molar-refractivity contribution is -0.0768. The number of hydrogen-bond acceptors (Lipinski definition) is 6. The number of likely N-dealkylation sites (N-methyl/N-ethyl adjacent to an activating group) is 1. The molecule has 7 nitrogen and oxygen atoms in total. The molecule has 0 aliphatic carbocycles. The van der Waals surface area contributed by atoms with Crippen molar-refractivity contribution < 1.29 is 14.1 Å². The lowest BCUT2D eigenvalue weighted by Crippen LogP contribution is -2.72. The van der Waals surface area contributed by atoms with Crippen LogP contribution in [-0.2, 0) is 17.8 Å². The van der Waals surface area contributed by atoms with Crippen LogP contribution in [0.5, 0.6) is 0 Å². The lowest BCUT2D eigenvalue weighted by atomic mass is 9.75. The number of carbonyl (C=O) groups is 1. The molecule has 2 aromatic heterocycles. The van der Waals surface area contributed by atoms with Crippen LogP contribution in [0.25, 0.3) is 0 Å². The first-order valence-corrected chi connectivity index (χ1v) is 10.9. The number of aryl methyl sites for hydroxylation is 2. The molecule has 2 aliphatic rings. The third-order valence-electron chi connectivity index (χ3n) is 6.60. The number of amides is 1. The fourth-order valence-electron chi connectivity index (χ4n) is 4.80. The summed E-state index contributed by atoms with van der Waals surface area (Å²) in [5, 5.41) is 4.03. The van der Waals surface area contributed by atoms with Gasteiger partial charge in [-0.15, -0.1) is 0 Å². The molecule has 0 saturated carbocycles. The highest BCUT2D eigenvalue weighted by molar-refractivity contribution is 5.97. The number of ether oxygens (including phenoxy) is 1. The van der Waals surface area contributed by atoms with Gasteiger partial charge in [-0.25, -0.2) is 0 Å². The van der Waals surface area contributed by atoms with Gasteiger partial charge < -0.3 is 14.2 Å². The van der Waals surface area contributed by atoms with Crippen molar-refractivity contribution in [2.45, 2.75) is 51.7 Å². The molecular weight excluding hydrogens is 380 g/mol. The van der Waals surface area contributed by atoms with E-state index < -0.39 is 0 Å². The van der Waals surface area contributed by atoms with E-state index in [1.54, 1.807) is 12.4 Å². The highest BCUT2D eigenvalue weighted by Crippen LogP contribution is 2.39. The van der Waals surface area contributed by atoms with Gasteiger partial charge in [0.25, 0.3) is 5.91 Å². The zero-order valence-corrected chi connectivity index (χ0v) is 18.3. The summed E-state index contributed by atoms with van der Waals surface area (Å²) in [4.78, 5) is 21.6. The van der Waals surface area contributed by atoms with E-state index in [-0.39, 0.29) is 11.4 Å². The summed E-state index contributed by atoms with van der Waals surface area (Å²) in [6, 6.07) is 3.98. The Morgan fingerprint density at radius 2 is 2.10 bits per heavy atom. The Hall–Kier alpha value is -2.25. The first-order valence-electron chi connectivity index (χ1n) is 10.9. The van der Waals surface area contributed by atoms with Crippen LogP contribution >= 0.6 is 0 Å². The maximum absolute atomic E-state index is 13.1. The highest BCUT2D eigenvalue weighted by Gasteiger charge is 2.51. The second kappa shape index (κ2) is 8.86. The third-order valence-corrected chi connectivity index (χ3v) is 6.60. The topological polar surface area (TPSA) is 71.7 Å². The fourth-order valence-corrected chi connectivity index (χ4v) is 4.80. The Kier molecular flexibility index (Phi) is 6.20. The molecule has 0 radical (unpaired) electrons. The lowest BCUT2D eigenvalue weighted by Gasteiger charge is -2.58. The van der Waals surface area contributed by atoms with E-state index in [2.05, 4.69) is 29.0 Å². The van der Waals surface area contributed by atoms with Crippen LogP contribution in [0.2, 0.25) is 0 Å². The van der Waals surface area contributed by atoms with Gasteiger partial charge in [-0.05, 0) is 63.4 Å². The predicted octanol–water partition coefficient (Wildman–Crippen LogP) is 3.08. The summed E-state index contributed by atoms with van der Waals surface area (Å²) in [7, 11) is 2.18. The molecule has 0 N–H and O–H groups in total. The van der Waals surface area contributed by atoms with Crippen molar-refractivity contribution in [3.63, 3.8) is 0 Å². The molecule has 2 aliphatic heterocycles.